The molecule has 0 aliphatic carbocycles. The van der Waals surface area contributed by atoms with Crippen molar-refractivity contribution in [2.24, 2.45) is 0 Å². The first-order valence-corrected chi connectivity index (χ1v) is 5.60. The van der Waals surface area contributed by atoms with Crippen molar-refractivity contribution < 1.29 is 14.0 Å². The van der Waals surface area contributed by atoms with Crippen molar-refractivity contribution in [2.75, 3.05) is 5.32 Å². The average Bonchev–Trinajstić information content (AvgIpc) is 2.28. The first-order valence-electron chi connectivity index (χ1n) is 5.15. The largest absolute Gasteiger partial charge is 0.371 e. The fourth-order valence-corrected chi connectivity index (χ4v) is 1.86. The molecular weight excluding hydrogens is 243 g/mol. The zero-order valence-electron chi connectivity index (χ0n) is 8.87. The summed E-state index contributed by atoms with van der Waals surface area (Å²) in [6, 6.07) is 4.10. The number of rotatable bonds is 2. The van der Waals surface area contributed by atoms with E-state index in [9.17, 15) is 14.0 Å². The minimum atomic E-state index is -0.586. The van der Waals surface area contributed by atoms with Gasteiger partial charge in [-0.2, -0.15) is 0 Å². The molecule has 6 heteroatoms. The summed E-state index contributed by atoms with van der Waals surface area (Å²) in [5.74, 6) is -1.22. The van der Waals surface area contributed by atoms with Gasteiger partial charge in [0.1, 0.15) is 6.04 Å². The van der Waals surface area contributed by atoms with Crippen LogP contribution < -0.4 is 10.6 Å². The van der Waals surface area contributed by atoms with Crippen molar-refractivity contribution >= 4 is 30.1 Å². The van der Waals surface area contributed by atoms with E-state index in [1.807, 2.05) is 0 Å². The Kier molecular flexibility index (Phi) is 3.33. The molecule has 17 heavy (non-hydrogen) atoms. The molecule has 1 fully saturated rings. The lowest BCUT2D eigenvalue weighted by molar-refractivity contribution is -0.133. The van der Waals surface area contributed by atoms with Crippen LogP contribution in [0, 0.1) is 5.82 Å². The van der Waals surface area contributed by atoms with Crippen LogP contribution in [0.1, 0.15) is 12.8 Å². The lowest BCUT2D eigenvalue weighted by Gasteiger charge is -2.23. The van der Waals surface area contributed by atoms with Crippen LogP contribution in [0.5, 0.6) is 0 Å². The first-order chi connectivity index (χ1) is 8.08. The van der Waals surface area contributed by atoms with Gasteiger partial charge in [0, 0.05) is 11.3 Å². The Bertz CT molecular complexity index is 479. The van der Waals surface area contributed by atoms with Crippen LogP contribution in [0.4, 0.5) is 10.1 Å². The highest BCUT2D eigenvalue weighted by atomic mass is 32.1. The maximum atomic E-state index is 13.6. The molecule has 1 saturated heterocycles. The van der Waals surface area contributed by atoms with Crippen LogP contribution in [0.3, 0.4) is 0 Å². The zero-order chi connectivity index (χ0) is 12.4. The van der Waals surface area contributed by atoms with Crippen molar-refractivity contribution in [1.29, 1.82) is 0 Å². The molecule has 0 saturated carbocycles. The summed E-state index contributed by atoms with van der Waals surface area (Å²) in [4.78, 5) is 22.6. The smallest absolute Gasteiger partial charge is 0.249 e. The van der Waals surface area contributed by atoms with Gasteiger partial charge in [-0.25, -0.2) is 4.39 Å². The van der Waals surface area contributed by atoms with Gasteiger partial charge in [-0.1, -0.05) is 6.07 Å². The third kappa shape index (κ3) is 2.58. The Morgan fingerprint density at radius 2 is 2.18 bits per heavy atom. The minimum absolute atomic E-state index is 0.210. The highest BCUT2D eigenvalue weighted by molar-refractivity contribution is 7.80. The first kappa shape index (κ1) is 11.9. The summed E-state index contributed by atoms with van der Waals surface area (Å²) in [7, 11) is 0. The van der Waals surface area contributed by atoms with Gasteiger partial charge in [0.05, 0.1) is 5.69 Å². The van der Waals surface area contributed by atoms with E-state index in [0.29, 0.717) is 6.42 Å². The topological polar surface area (TPSA) is 58.2 Å². The van der Waals surface area contributed by atoms with Gasteiger partial charge >= 0.3 is 0 Å². The molecule has 0 aromatic heterocycles. The van der Waals surface area contributed by atoms with E-state index in [-0.39, 0.29) is 22.9 Å². The standard InChI is InChI=1S/C11H11FN2O2S/c12-10-6(2-1-3-8(10)17)13-7-4-5-9(15)14-11(7)16/h1-3,7,13,17H,4-5H2,(H,14,15,16). The van der Waals surface area contributed by atoms with E-state index < -0.39 is 17.8 Å². The molecule has 2 amide bonds. The van der Waals surface area contributed by atoms with E-state index in [4.69, 9.17) is 0 Å². The normalized spacial score (nSPS) is 20.0. The zero-order valence-corrected chi connectivity index (χ0v) is 9.76. The Labute approximate surface area is 103 Å². The quantitative estimate of drug-likeness (QED) is 0.551. The number of anilines is 1. The molecule has 0 radical (unpaired) electrons. The van der Waals surface area contributed by atoms with Crippen LogP contribution in [-0.4, -0.2) is 17.9 Å². The van der Waals surface area contributed by atoms with Crippen molar-refractivity contribution in [3.63, 3.8) is 0 Å². The number of benzene rings is 1. The maximum absolute atomic E-state index is 13.6. The summed E-state index contributed by atoms with van der Waals surface area (Å²) in [5, 5.41) is 4.97. The predicted molar refractivity (Wildman–Crippen MR) is 63.4 cm³/mol. The number of amides is 2. The molecule has 90 valence electrons. The molecule has 1 unspecified atom stereocenters. The highest BCUT2D eigenvalue weighted by Crippen LogP contribution is 2.22. The number of carbonyl (C=O) groups excluding carboxylic acids is 2. The van der Waals surface area contributed by atoms with Crippen LogP contribution in [0.15, 0.2) is 23.1 Å². The van der Waals surface area contributed by atoms with E-state index in [1.54, 1.807) is 6.07 Å². The monoisotopic (exact) mass is 254 g/mol. The number of hydrogen-bond acceptors (Lipinski definition) is 4. The van der Waals surface area contributed by atoms with E-state index in [2.05, 4.69) is 23.3 Å². The predicted octanol–water partition coefficient (Wildman–Crippen LogP) is 1.33. The molecule has 1 aromatic carbocycles. The van der Waals surface area contributed by atoms with E-state index in [0.717, 1.165) is 0 Å². The summed E-state index contributed by atoms with van der Waals surface area (Å²) >= 11 is 3.95. The molecule has 2 N–H and O–H groups in total. The Morgan fingerprint density at radius 3 is 2.88 bits per heavy atom. The number of halogens is 1. The van der Waals surface area contributed by atoms with Gasteiger partial charge in [0.15, 0.2) is 5.82 Å². The maximum Gasteiger partial charge on any atom is 0.249 e. The van der Waals surface area contributed by atoms with Crippen molar-refractivity contribution in [1.82, 2.24) is 5.32 Å². The lowest BCUT2D eigenvalue weighted by Crippen LogP contribution is -2.47. The molecule has 1 heterocycles. The third-order valence-electron chi connectivity index (χ3n) is 2.55. The minimum Gasteiger partial charge on any atom is -0.371 e. The van der Waals surface area contributed by atoms with Crippen LogP contribution in [0.2, 0.25) is 0 Å². The van der Waals surface area contributed by atoms with Crippen LogP contribution in [-0.2, 0) is 9.59 Å². The van der Waals surface area contributed by atoms with Gasteiger partial charge < -0.3 is 5.32 Å². The fourth-order valence-electron chi connectivity index (χ4n) is 1.65. The number of hydrogen-bond donors (Lipinski definition) is 3. The van der Waals surface area contributed by atoms with Crippen LogP contribution >= 0.6 is 12.6 Å². The molecular formula is C11H11FN2O2S. The molecule has 1 atom stereocenters. The molecule has 0 spiro atoms. The van der Waals surface area contributed by atoms with Crippen molar-refractivity contribution in [3.8, 4) is 0 Å². The number of piperidine rings is 1. The highest BCUT2D eigenvalue weighted by Gasteiger charge is 2.27. The number of thiol groups is 1. The summed E-state index contributed by atoms with van der Waals surface area (Å²) in [6.07, 6.45) is 0.618. The van der Waals surface area contributed by atoms with Gasteiger partial charge in [-0.15, -0.1) is 12.6 Å². The molecule has 4 nitrogen and oxygen atoms in total. The van der Waals surface area contributed by atoms with Crippen molar-refractivity contribution in [2.45, 2.75) is 23.8 Å². The summed E-state index contributed by atoms with van der Waals surface area (Å²) < 4.78 is 13.6. The van der Waals surface area contributed by atoms with Crippen LogP contribution in [0.25, 0.3) is 0 Å². The van der Waals surface area contributed by atoms with E-state index in [1.165, 1.54) is 12.1 Å². The summed E-state index contributed by atoms with van der Waals surface area (Å²) in [5.41, 5.74) is 0.215. The van der Waals surface area contributed by atoms with Gasteiger partial charge in [-0.3, -0.25) is 14.9 Å². The number of imide groups is 1. The van der Waals surface area contributed by atoms with E-state index >= 15 is 0 Å². The van der Waals surface area contributed by atoms with Gasteiger partial charge in [-0.05, 0) is 18.6 Å². The second-order valence-electron chi connectivity index (χ2n) is 3.79. The Balaban J connectivity index is 2.13. The molecule has 2 rings (SSSR count). The number of carbonyl (C=O) groups is 2. The lowest BCUT2D eigenvalue weighted by atomic mass is 10.1. The molecule has 1 aliphatic heterocycles. The fraction of sp³-hybridized carbons (Fsp3) is 0.273. The second kappa shape index (κ2) is 4.75. The Morgan fingerprint density at radius 1 is 1.41 bits per heavy atom. The summed E-state index contributed by atoms with van der Waals surface area (Å²) in [6.45, 7) is 0. The molecule has 0 bridgehead atoms. The van der Waals surface area contributed by atoms with Crippen molar-refractivity contribution in [3.05, 3.63) is 24.0 Å². The third-order valence-corrected chi connectivity index (χ3v) is 2.89. The second-order valence-corrected chi connectivity index (χ2v) is 4.27. The molecule has 1 aromatic rings. The number of nitrogens with one attached hydrogen (secondary N) is 2. The average molecular weight is 254 g/mol. The van der Waals surface area contributed by atoms with Gasteiger partial charge in [0.25, 0.3) is 0 Å². The van der Waals surface area contributed by atoms with Gasteiger partial charge in [0.2, 0.25) is 11.8 Å². The molecule has 1 aliphatic rings. The SMILES string of the molecule is O=C1CCC(Nc2cccc(S)c2F)C(=O)N1. The Hall–Kier alpha value is -1.56.